The molecule has 2 amide bonds. The number of primary amides is 1. The predicted octanol–water partition coefficient (Wildman–Crippen LogP) is -0.288. The SMILES string of the molecule is CCCn1cc(N)cc1C(=O)NCCOCC(N)=O. The molecule has 106 valence electrons. The topological polar surface area (TPSA) is 112 Å². The van der Waals surface area contributed by atoms with Crippen LogP contribution in [0.5, 0.6) is 0 Å². The number of nitrogens with zero attached hydrogens (tertiary/aromatic N) is 1. The molecule has 0 aliphatic heterocycles. The summed E-state index contributed by atoms with van der Waals surface area (Å²) >= 11 is 0. The van der Waals surface area contributed by atoms with Crippen LogP contribution in [-0.2, 0) is 16.1 Å². The minimum Gasteiger partial charge on any atom is -0.397 e. The van der Waals surface area contributed by atoms with Crippen molar-refractivity contribution in [2.45, 2.75) is 19.9 Å². The third kappa shape index (κ3) is 5.01. The van der Waals surface area contributed by atoms with Gasteiger partial charge in [-0.1, -0.05) is 6.92 Å². The third-order valence-electron chi connectivity index (χ3n) is 2.39. The van der Waals surface area contributed by atoms with Crippen LogP contribution in [0.1, 0.15) is 23.8 Å². The average molecular weight is 268 g/mol. The summed E-state index contributed by atoms with van der Waals surface area (Å²) in [6, 6.07) is 1.63. The molecule has 0 aliphatic carbocycles. The average Bonchev–Trinajstić information content (AvgIpc) is 2.70. The second-order valence-electron chi connectivity index (χ2n) is 4.13. The minimum absolute atomic E-state index is 0.144. The zero-order chi connectivity index (χ0) is 14.3. The normalized spacial score (nSPS) is 10.4. The van der Waals surface area contributed by atoms with Crippen LogP contribution in [0.2, 0.25) is 0 Å². The molecular weight excluding hydrogens is 248 g/mol. The summed E-state index contributed by atoms with van der Waals surface area (Å²) in [5.41, 5.74) is 11.7. The summed E-state index contributed by atoms with van der Waals surface area (Å²) in [6.45, 7) is 3.16. The Morgan fingerprint density at radius 3 is 2.84 bits per heavy atom. The summed E-state index contributed by atoms with van der Waals surface area (Å²) in [7, 11) is 0. The van der Waals surface area contributed by atoms with Gasteiger partial charge < -0.3 is 26.1 Å². The lowest BCUT2D eigenvalue weighted by Crippen LogP contribution is -2.30. The second-order valence-corrected chi connectivity index (χ2v) is 4.13. The van der Waals surface area contributed by atoms with Crippen molar-refractivity contribution in [3.8, 4) is 0 Å². The number of carbonyl (C=O) groups is 2. The highest BCUT2D eigenvalue weighted by Gasteiger charge is 2.11. The fraction of sp³-hybridized carbons (Fsp3) is 0.500. The van der Waals surface area contributed by atoms with Crippen molar-refractivity contribution in [3.63, 3.8) is 0 Å². The molecule has 7 nitrogen and oxygen atoms in total. The van der Waals surface area contributed by atoms with E-state index < -0.39 is 5.91 Å². The first-order valence-corrected chi connectivity index (χ1v) is 6.14. The van der Waals surface area contributed by atoms with Crippen LogP contribution in [0.3, 0.4) is 0 Å². The Morgan fingerprint density at radius 2 is 2.21 bits per heavy atom. The Morgan fingerprint density at radius 1 is 1.47 bits per heavy atom. The highest BCUT2D eigenvalue weighted by molar-refractivity contribution is 5.93. The van der Waals surface area contributed by atoms with Gasteiger partial charge in [-0.05, 0) is 12.5 Å². The van der Waals surface area contributed by atoms with Crippen LogP contribution >= 0.6 is 0 Å². The molecule has 1 aromatic heterocycles. The molecule has 1 heterocycles. The number of nitrogen functional groups attached to an aromatic ring is 1. The number of anilines is 1. The lowest BCUT2D eigenvalue weighted by Gasteiger charge is -2.08. The molecule has 0 unspecified atom stereocenters. The molecule has 0 saturated carbocycles. The molecule has 0 atom stereocenters. The first-order chi connectivity index (χ1) is 9.04. The fourth-order valence-corrected chi connectivity index (χ4v) is 1.65. The van der Waals surface area contributed by atoms with Crippen LogP contribution in [0.4, 0.5) is 5.69 Å². The first kappa shape index (κ1) is 15.0. The van der Waals surface area contributed by atoms with Gasteiger partial charge in [0, 0.05) is 19.3 Å². The van der Waals surface area contributed by atoms with Gasteiger partial charge in [0.25, 0.3) is 5.91 Å². The summed E-state index contributed by atoms with van der Waals surface area (Å²) in [4.78, 5) is 22.3. The molecule has 1 rings (SSSR count). The summed E-state index contributed by atoms with van der Waals surface area (Å²) in [5, 5.41) is 2.69. The third-order valence-corrected chi connectivity index (χ3v) is 2.39. The van der Waals surface area contributed by atoms with E-state index in [2.05, 4.69) is 5.32 Å². The van der Waals surface area contributed by atoms with Crippen molar-refractivity contribution in [2.75, 3.05) is 25.5 Å². The van der Waals surface area contributed by atoms with Crippen molar-refractivity contribution in [2.24, 2.45) is 5.73 Å². The number of nitrogens with one attached hydrogen (secondary N) is 1. The summed E-state index contributed by atoms with van der Waals surface area (Å²) < 4.78 is 6.76. The molecular formula is C12H20N4O3. The standard InChI is InChI=1S/C12H20N4O3/c1-2-4-16-7-9(13)6-10(16)12(18)15-3-5-19-8-11(14)17/h6-7H,2-5,8,13H2,1H3,(H2,14,17)(H,15,18). The van der Waals surface area contributed by atoms with E-state index in [1.807, 2.05) is 11.5 Å². The summed E-state index contributed by atoms with van der Waals surface area (Å²) in [6.07, 6.45) is 2.65. The minimum atomic E-state index is -0.532. The van der Waals surface area contributed by atoms with Crippen LogP contribution in [0.15, 0.2) is 12.3 Å². The zero-order valence-electron chi connectivity index (χ0n) is 11.0. The molecule has 5 N–H and O–H groups in total. The fourth-order valence-electron chi connectivity index (χ4n) is 1.65. The number of amides is 2. The second kappa shape index (κ2) is 7.42. The Balaban J connectivity index is 2.42. The molecule has 7 heteroatoms. The molecule has 1 aromatic rings. The van der Waals surface area contributed by atoms with Gasteiger partial charge in [-0.15, -0.1) is 0 Å². The molecule has 0 radical (unpaired) electrons. The van der Waals surface area contributed by atoms with E-state index in [9.17, 15) is 9.59 Å². The van der Waals surface area contributed by atoms with Crippen LogP contribution < -0.4 is 16.8 Å². The Kier molecular flexibility index (Phi) is 5.87. The Bertz CT molecular complexity index is 442. The predicted molar refractivity (Wildman–Crippen MR) is 71.5 cm³/mol. The Labute approximate surface area is 111 Å². The van der Waals surface area contributed by atoms with Crippen LogP contribution in [0.25, 0.3) is 0 Å². The number of nitrogens with two attached hydrogens (primary N) is 2. The maximum Gasteiger partial charge on any atom is 0.268 e. The zero-order valence-corrected chi connectivity index (χ0v) is 11.0. The van der Waals surface area contributed by atoms with Crippen molar-refractivity contribution >= 4 is 17.5 Å². The van der Waals surface area contributed by atoms with Crippen molar-refractivity contribution < 1.29 is 14.3 Å². The number of hydrogen-bond acceptors (Lipinski definition) is 4. The van der Waals surface area contributed by atoms with Crippen LogP contribution in [-0.4, -0.2) is 36.1 Å². The lowest BCUT2D eigenvalue weighted by atomic mass is 10.3. The largest absolute Gasteiger partial charge is 0.397 e. The van der Waals surface area contributed by atoms with Crippen LogP contribution in [0, 0.1) is 0 Å². The molecule has 0 fully saturated rings. The van der Waals surface area contributed by atoms with Crippen molar-refractivity contribution in [1.29, 1.82) is 0 Å². The molecule has 0 spiro atoms. The maximum atomic E-state index is 11.9. The maximum absolute atomic E-state index is 11.9. The lowest BCUT2D eigenvalue weighted by molar-refractivity contribution is -0.122. The van der Waals surface area contributed by atoms with Gasteiger partial charge in [0.05, 0.1) is 12.3 Å². The molecule has 0 saturated heterocycles. The van der Waals surface area contributed by atoms with Gasteiger partial charge in [0.2, 0.25) is 5.91 Å². The van der Waals surface area contributed by atoms with Crippen molar-refractivity contribution in [3.05, 3.63) is 18.0 Å². The van der Waals surface area contributed by atoms with Gasteiger partial charge in [0.15, 0.2) is 0 Å². The van der Waals surface area contributed by atoms with E-state index in [0.717, 1.165) is 13.0 Å². The number of ether oxygens (including phenoxy) is 1. The molecule has 0 aromatic carbocycles. The van der Waals surface area contributed by atoms with Gasteiger partial charge in [-0.3, -0.25) is 9.59 Å². The smallest absolute Gasteiger partial charge is 0.268 e. The number of rotatable bonds is 8. The van der Waals surface area contributed by atoms with Gasteiger partial charge in [0.1, 0.15) is 12.3 Å². The number of hydrogen-bond donors (Lipinski definition) is 3. The summed E-state index contributed by atoms with van der Waals surface area (Å²) in [5.74, 6) is -0.747. The van der Waals surface area contributed by atoms with Gasteiger partial charge >= 0.3 is 0 Å². The molecule has 0 aliphatic rings. The number of aromatic nitrogens is 1. The van der Waals surface area contributed by atoms with Crippen molar-refractivity contribution in [1.82, 2.24) is 9.88 Å². The van der Waals surface area contributed by atoms with E-state index in [1.54, 1.807) is 12.3 Å². The Hall–Kier alpha value is -2.02. The molecule has 19 heavy (non-hydrogen) atoms. The van der Waals surface area contributed by atoms with E-state index in [0.29, 0.717) is 17.9 Å². The highest BCUT2D eigenvalue weighted by atomic mass is 16.5. The number of aryl methyl sites for hydroxylation is 1. The van der Waals surface area contributed by atoms with Gasteiger partial charge in [-0.2, -0.15) is 0 Å². The van der Waals surface area contributed by atoms with Gasteiger partial charge in [-0.25, -0.2) is 0 Å². The van der Waals surface area contributed by atoms with E-state index in [1.165, 1.54) is 0 Å². The van der Waals surface area contributed by atoms with E-state index in [-0.39, 0.29) is 19.1 Å². The quantitative estimate of drug-likeness (QED) is 0.562. The highest BCUT2D eigenvalue weighted by Crippen LogP contribution is 2.11. The molecule has 0 bridgehead atoms. The first-order valence-electron chi connectivity index (χ1n) is 6.14. The van der Waals surface area contributed by atoms with E-state index >= 15 is 0 Å². The monoisotopic (exact) mass is 268 g/mol. The van der Waals surface area contributed by atoms with E-state index in [4.69, 9.17) is 16.2 Å². The number of carbonyl (C=O) groups excluding carboxylic acids is 2.